The minimum absolute atomic E-state index is 0.00569. The zero-order valence-corrected chi connectivity index (χ0v) is 28.0. The number of ether oxygens (including phenoxy) is 5. The van der Waals surface area contributed by atoms with Crippen molar-refractivity contribution in [1.29, 1.82) is 0 Å². The van der Waals surface area contributed by atoms with Crippen LogP contribution in [0.3, 0.4) is 0 Å². The molecule has 5 aliphatic rings. The van der Waals surface area contributed by atoms with Crippen LogP contribution in [0.2, 0.25) is 0 Å². The van der Waals surface area contributed by atoms with Gasteiger partial charge >= 0.3 is 0 Å². The topological polar surface area (TPSA) is 175 Å². The first-order chi connectivity index (χ1) is 23.2. The molecule has 3 saturated heterocycles. The van der Waals surface area contributed by atoms with Gasteiger partial charge in [0.15, 0.2) is 35.7 Å². The quantitative estimate of drug-likeness (QED) is 0.358. The Labute approximate surface area is 283 Å². The molecule has 3 fully saturated rings. The summed E-state index contributed by atoms with van der Waals surface area (Å²) in [7, 11) is 0. The molecule has 12 nitrogen and oxygen atoms in total. The van der Waals surface area contributed by atoms with Crippen LogP contribution in [0.15, 0.2) is 24.3 Å². The Morgan fingerprint density at radius 3 is 2.20 bits per heavy atom. The van der Waals surface area contributed by atoms with Gasteiger partial charge in [0, 0.05) is 66.3 Å². The summed E-state index contributed by atoms with van der Waals surface area (Å²) in [5.74, 6) is -1.89. The van der Waals surface area contributed by atoms with Crippen molar-refractivity contribution in [2.75, 3.05) is 0 Å². The lowest BCUT2D eigenvalue weighted by Crippen LogP contribution is -2.50. The number of Topliss-reactive ketones (excluding diaryl/α,β-unsaturated/α-hetero) is 2. The second-order valence-electron chi connectivity index (χ2n) is 14.3. The Hall–Kier alpha value is -3.36. The Bertz CT molecular complexity index is 1700. The van der Waals surface area contributed by atoms with Gasteiger partial charge in [0.2, 0.25) is 0 Å². The molecule has 0 spiro atoms. The number of carbonyl (C=O) groups is 4. The Morgan fingerprint density at radius 2 is 1.49 bits per heavy atom. The number of phenolic OH excluding ortho intramolecular Hbond substituents is 1. The van der Waals surface area contributed by atoms with E-state index in [0.717, 1.165) is 0 Å². The van der Waals surface area contributed by atoms with E-state index in [-0.39, 0.29) is 70.6 Å². The van der Waals surface area contributed by atoms with Gasteiger partial charge in [0.1, 0.15) is 18.0 Å². The number of fused-ring (bicyclic) bond motifs is 4. The van der Waals surface area contributed by atoms with Crippen molar-refractivity contribution in [3.8, 4) is 5.75 Å². The van der Waals surface area contributed by atoms with Crippen LogP contribution in [0.5, 0.6) is 5.75 Å². The normalized spacial score (nSPS) is 36.2. The highest BCUT2D eigenvalue weighted by Crippen LogP contribution is 2.44. The monoisotopic (exact) mass is 678 g/mol. The summed E-state index contributed by atoms with van der Waals surface area (Å²) in [5.41, 5.74) is -0.501. The second kappa shape index (κ2) is 12.8. The number of phenols is 1. The van der Waals surface area contributed by atoms with Gasteiger partial charge in [-0.25, -0.2) is 0 Å². The zero-order chi connectivity index (χ0) is 34.9. The predicted molar refractivity (Wildman–Crippen MR) is 170 cm³/mol. The standard InChI is InChI=1S/C37H42O12/c1-16-23(38)9-11-28(46-16)48-26-10-12-29(47-17(26)2)49-36-18(3)45-27(13-24(36)39)20-7-8-22-32(33(20)41)35(43)21-6-5-19-14-37(4,44)15-25(40)30(19)31(21)34(22)42/h5-8,16-18,24,26-29,36,39,41,44H,9-15H2,1-4H3/t16-,17-,18+,24+,26-,27?,28-,29-,36+,37+/m0/s1. The average Bonchev–Trinajstić information content (AvgIpc) is 3.03. The number of benzene rings is 2. The molecule has 2 aromatic rings. The lowest BCUT2D eigenvalue weighted by Gasteiger charge is -2.42. The summed E-state index contributed by atoms with van der Waals surface area (Å²) >= 11 is 0. The minimum atomic E-state index is -1.25. The van der Waals surface area contributed by atoms with Crippen LogP contribution < -0.4 is 0 Å². The van der Waals surface area contributed by atoms with Gasteiger partial charge in [-0.2, -0.15) is 0 Å². The third-order valence-electron chi connectivity index (χ3n) is 10.5. The summed E-state index contributed by atoms with van der Waals surface area (Å²) in [5, 5.41) is 33.2. The van der Waals surface area contributed by atoms with Gasteiger partial charge in [-0.05, 0) is 51.8 Å². The van der Waals surface area contributed by atoms with Crippen molar-refractivity contribution in [1.82, 2.24) is 0 Å². The molecule has 7 rings (SSSR count). The highest BCUT2D eigenvalue weighted by molar-refractivity contribution is 6.32. The van der Waals surface area contributed by atoms with E-state index in [0.29, 0.717) is 31.2 Å². The van der Waals surface area contributed by atoms with Crippen LogP contribution in [-0.4, -0.2) is 93.3 Å². The van der Waals surface area contributed by atoms with Gasteiger partial charge in [-0.1, -0.05) is 12.1 Å². The maximum Gasteiger partial charge on any atom is 0.198 e. The van der Waals surface area contributed by atoms with E-state index in [1.54, 1.807) is 26.8 Å². The molecule has 0 saturated carbocycles. The fourth-order valence-electron chi connectivity index (χ4n) is 7.97. The van der Waals surface area contributed by atoms with Gasteiger partial charge in [0.05, 0.1) is 41.7 Å². The molecule has 12 heteroatoms. The van der Waals surface area contributed by atoms with Crippen molar-refractivity contribution in [3.63, 3.8) is 0 Å². The summed E-state index contributed by atoms with van der Waals surface area (Å²) in [6.45, 7) is 6.91. The minimum Gasteiger partial charge on any atom is -0.507 e. The van der Waals surface area contributed by atoms with E-state index >= 15 is 0 Å². The van der Waals surface area contributed by atoms with Crippen molar-refractivity contribution in [3.05, 3.63) is 63.2 Å². The lowest BCUT2D eigenvalue weighted by molar-refractivity contribution is -0.298. The zero-order valence-electron chi connectivity index (χ0n) is 28.0. The SMILES string of the molecule is C[C@@H]1O[C@@H](O[C@H]2CC[C@H](O[C@H]3[C@H](O)CC(c4ccc5c(c4O)C(=O)c4ccc6c(c4C5=O)C(=O)C[C@](C)(O)C6)O[C@@H]3C)O[C@H]2C)CCC1=O. The molecule has 262 valence electrons. The fourth-order valence-corrected chi connectivity index (χ4v) is 7.97. The Balaban J connectivity index is 1.03. The number of ketones is 4. The number of aliphatic hydroxyl groups excluding tert-OH is 1. The summed E-state index contributed by atoms with van der Waals surface area (Å²) < 4.78 is 30.3. The van der Waals surface area contributed by atoms with E-state index < -0.39 is 71.8 Å². The molecule has 3 heterocycles. The van der Waals surface area contributed by atoms with Gasteiger partial charge in [-0.15, -0.1) is 0 Å². The Kier molecular flexibility index (Phi) is 8.88. The third kappa shape index (κ3) is 6.18. The van der Waals surface area contributed by atoms with Crippen LogP contribution in [0.1, 0.15) is 126 Å². The van der Waals surface area contributed by atoms with Gasteiger partial charge in [0.25, 0.3) is 0 Å². The largest absolute Gasteiger partial charge is 0.507 e. The smallest absolute Gasteiger partial charge is 0.198 e. The number of hydrogen-bond donors (Lipinski definition) is 3. The first-order valence-electron chi connectivity index (χ1n) is 17.1. The molecule has 10 atom stereocenters. The van der Waals surface area contributed by atoms with E-state index in [1.165, 1.54) is 18.2 Å². The molecule has 2 aliphatic carbocycles. The first-order valence-corrected chi connectivity index (χ1v) is 17.1. The van der Waals surface area contributed by atoms with Crippen LogP contribution in [0, 0.1) is 0 Å². The van der Waals surface area contributed by atoms with Gasteiger partial charge in [-0.3, -0.25) is 19.2 Å². The maximum atomic E-state index is 13.8. The molecule has 49 heavy (non-hydrogen) atoms. The van der Waals surface area contributed by atoms with Crippen LogP contribution >= 0.6 is 0 Å². The van der Waals surface area contributed by atoms with Crippen LogP contribution in [-0.2, 0) is 34.9 Å². The number of hydrogen-bond acceptors (Lipinski definition) is 12. The maximum absolute atomic E-state index is 13.8. The molecule has 0 bridgehead atoms. The Morgan fingerprint density at radius 1 is 0.796 bits per heavy atom. The van der Waals surface area contributed by atoms with E-state index in [4.69, 9.17) is 23.7 Å². The molecule has 3 aliphatic heterocycles. The van der Waals surface area contributed by atoms with Crippen molar-refractivity contribution >= 4 is 23.1 Å². The third-order valence-corrected chi connectivity index (χ3v) is 10.5. The molecular weight excluding hydrogens is 636 g/mol. The molecule has 1 unspecified atom stereocenters. The fraction of sp³-hybridized carbons (Fsp3) is 0.568. The highest BCUT2D eigenvalue weighted by atomic mass is 16.7. The van der Waals surface area contributed by atoms with Crippen LogP contribution in [0.25, 0.3) is 0 Å². The van der Waals surface area contributed by atoms with Gasteiger partial charge < -0.3 is 39.0 Å². The van der Waals surface area contributed by atoms with E-state index in [2.05, 4.69) is 0 Å². The number of aromatic hydroxyl groups is 1. The van der Waals surface area contributed by atoms with Crippen LogP contribution in [0.4, 0.5) is 0 Å². The number of aliphatic hydroxyl groups is 2. The molecule has 2 aromatic carbocycles. The highest BCUT2D eigenvalue weighted by Gasteiger charge is 2.44. The number of rotatable bonds is 5. The first kappa shape index (κ1) is 34.1. The van der Waals surface area contributed by atoms with E-state index in [1.807, 2.05) is 6.92 Å². The van der Waals surface area contributed by atoms with E-state index in [9.17, 15) is 34.5 Å². The number of carbonyl (C=O) groups excluding carboxylic acids is 4. The lowest BCUT2D eigenvalue weighted by atomic mass is 9.73. The molecule has 0 aromatic heterocycles. The molecule has 0 radical (unpaired) electrons. The average molecular weight is 679 g/mol. The predicted octanol–water partition coefficient (Wildman–Crippen LogP) is 3.65. The van der Waals surface area contributed by atoms with Crippen molar-refractivity contribution in [2.24, 2.45) is 0 Å². The summed E-state index contributed by atoms with van der Waals surface area (Å²) in [4.78, 5) is 52.4. The summed E-state index contributed by atoms with van der Waals surface area (Å²) in [6.07, 6.45) is -3.20. The second-order valence-corrected chi connectivity index (χ2v) is 14.3. The molecular formula is C37H42O12. The van der Waals surface area contributed by atoms with Crippen molar-refractivity contribution in [2.45, 2.75) is 134 Å². The molecule has 3 N–H and O–H groups in total. The summed E-state index contributed by atoms with van der Waals surface area (Å²) in [6, 6.07) is 6.01. The molecule has 0 amide bonds. The van der Waals surface area contributed by atoms with Crippen molar-refractivity contribution < 1.29 is 58.2 Å².